The molecule has 1 saturated heterocycles. The van der Waals surface area contributed by atoms with Crippen molar-refractivity contribution in [3.8, 4) is 0 Å². The van der Waals surface area contributed by atoms with E-state index in [2.05, 4.69) is 4.98 Å². The number of benzene rings is 1. The Kier molecular flexibility index (Phi) is 4.86. The molecule has 2 heterocycles. The molecule has 0 spiro atoms. The van der Waals surface area contributed by atoms with Gasteiger partial charge in [0, 0.05) is 31.9 Å². The highest BCUT2D eigenvalue weighted by atomic mass is 16.5. The predicted octanol–water partition coefficient (Wildman–Crippen LogP) is 1.86. The van der Waals surface area contributed by atoms with E-state index in [1.54, 1.807) is 4.90 Å². The number of morpholine rings is 1. The summed E-state index contributed by atoms with van der Waals surface area (Å²) < 4.78 is 5.76. The Balaban J connectivity index is 1.69. The van der Waals surface area contributed by atoms with Crippen LogP contribution in [0.25, 0.3) is 0 Å². The van der Waals surface area contributed by atoms with Crippen LogP contribution in [0, 0.1) is 0 Å². The number of aromatic nitrogens is 1. The van der Waals surface area contributed by atoms with Crippen molar-refractivity contribution >= 4 is 11.9 Å². The fourth-order valence-corrected chi connectivity index (χ4v) is 2.76. The van der Waals surface area contributed by atoms with Crippen LogP contribution in [0.1, 0.15) is 26.3 Å². The third-order valence-corrected chi connectivity index (χ3v) is 3.96. The van der Waals surface area contributed by atoms with Gasteiger partial charge in [-0.25, -0.2) is 4.79 Å². The molecule has 24 heavy (non-hydrogen) atoms. The van der Waals surface area contributed by atoms with Gasteiger partial charge in [0.25, 0.3) is 5.91 Å². The molecule has 1 aliphatic rings. The quantitative estimate of drug-likeness (QED) is 0.928. The summed E-state index contributed by atoms with van der Waals surface area (Å²) in [5.41, 5.74) is 1.46. The van der Waals surface area contributed by atoms with E-state index in [4.69, 9.17) is 9.84 Å². The van der Waals surface area contributed by atoms with E-state index in [9.17, 15) is 9.59 Å². The van der Waals surface area contributed by atoms with Gasteiger partial charge in [0.2, 0.25) is 0 Å². The lowest BCUT2D eigenvalue weighted by Gasteiger charge is -2.33. The standard InChI is InChI=1S/C18H18N2O4/c21-17(14-9-15(18(22)23)11-19-10-14)20-6-7-24-16(12-20)8-13-4-2-1-3-5-13/h1-5,9-11,16H,6-8,12H2,(H,22,23). The largest absolute Gasteiger partial charge is 0.478 e. The van der Waals surface area contributed by atoms with Gasteiger partial charge in [-0.1, -0.05) is 30.3 Å². The number of aromatic carboxylic acids is 1. The topological polar surface area (TPSA) is 79.7 Å². The van der Waals surface area contributed by atoms with E-state index in [0.29, 0.717) is 19.7 Å². The number of carbonyl (C=O) groups is 2. The van der Waals surface area contributed by atoms with E-state index in [0.717, 1.165) is 12.0 Å². The number of carboxylic acid groups (broad SMARTS) is 1. The normalized spacial score (nSPS) is 17.5. The second-order valence-electron chi connectivity index (χ2n) is 5.70. The molecule has 1 amide bonds. The van der Waals surface area contributed by atoms with Crippen molar-refractivity contribution in [2.24, 2.45) is 0 Å². The molecule has 1 fully saturated rings. The molecule has 3 rings (SSSR count). The summed E-state index contributed by atoms with van der Waals surface area (Å²) in [5.74, 6) is -1.31. The average Bonchev–Trinajstić information content (AvgIpc) is 2.62. The highest BCUT2D eigenvalue weighted by molar-refractivity contribution is 5.97. The van der Waals surface area contributed by atoms with Crippen molar-refractivity contribution in [3.05, 3.63) is 65.5 Å². The molecular formula is C18H18N2O4. The van der Waals surface area contributed by atoms with Crippen molar-refractivity contribution in [1.82, 2.24) is 9.88 Å². The Bertz CT molecular complexity index is 733. The molecular weight excluding hydrogens is 308 g/mol. The van der Waals surface area contributed by atoms with Gasteiger partial charge in [-0.2, -0.15) is 0 Å². The van der Waals surface area contributed by atoms with Crippen molar-refractivity contribution in [2.75, 3.05) is 19.7 Å². The highest BCUT2D eigenvalue weighted by Crippen LogP contribution is 2.15. The number of carboxylic acids is 1. The zero-order valence-corrected chi connectivity index (χ0v) is 13.1. The van der Waals surface area contributed by atoms with Crippen LogP contribution < -0.4 is 0 Å². The van der Waals surface area contributed by atoms with Gasteiger partial charge >= 0.3 is 5.97 Å². The Morgan fingerprint density at radius 2 is 1.96 bits per heavy atom. The first-order valence-corrected chi connectivity index (χ1v) is 7.76. The summed E-state index contributed by atoms with van der Waals surface area (Å²) in [7, 11) is 0. The number of hydrogen-bond donors (Lipinski definition) is 1. The average molecular weight is 326 g/mol. The van der Waals surface area contributed by atoms with Crippen LogP contribution in [0.5, 0.6) is 0 Å². The van der Waals surface area contributed by atoms with Gasteiger partial charge in [-0.3, -0.25) is 9.78 Å². The van der Waals surface area contributed by atoms with Crippen LogP contribution in [0.4, 0.5) is 0 Å². The number of hydrogen-bond acceptors (Lipinski definition) is 4. The summed E-state index contributed by atoms with van der Waals surface area (Å²) in [6.45, 7) is 1.43. The number of rotatable bonds is 4. The maximum absolute atomic E-state index is 12.6. The minimum absolute atomic E-state index is 0.00921. The first-order chi connectivity index (χ1) is 11.6. The minimum Gasteiger partial charge on any atom is -0.478 e. The molecule has 1 N–H and O–H groups in total. The molecule has 1 unspecified atom stereocenters. The highest BCUT2D eigenvalue weighted by Gasteiger charge is 2.25. The van der Waals surface area contributed by atoms with E-state index < -0.39 is 5.97 Å². The Morgan fingerprint density at radius 1 is 1.21 bits per heavy atom. The van der Waals surface area contributed by atoms with Crippen LogP contribution in [-0.4, -0.2) is 52.7 Å². The van der Waals surface area contributed by atoms with Crippen LogP contribution >= 0.6 is 0 Å². The van der Waals surface area contributed by atoms with Crippen molar-refractivity contribution in [3.63, 3.8) is 0 Å². The third-order valence-electron chi connectivity index (χ3n) is 3.96. The monoisotopic (exact) mass is 326 g/mol. The summed E-state index contributed by atoms with van der Waals surface area (Å²) in [5, 5.41) is 9.02. The van der Waals surface area contributed by atoms with Crippen LogP contribution in [0.2, 0.25) is 0 Å². The van der Waals surface area contributed by atoms with Crippen molar-refractivity contribution < 1.29 is 19.4 Å². The summed E-state index contributed by atoms with van der Waals surface area (Å²) >= 11 is 0. The fraction of sp³-hybridized carbons (Fsp3) is 0.278. The molecule has 6 heteroatoms. The molecule has 0 aliphatic carbocycles. The molecule has 6 nitrogen and oxygen atoms in total. The Labute approximate surface area is 139 Å². The number of carbonyl (C=O) groups excluding carboxylic acids is 1. The number of ether oxygens (including phenoxy) is 1. The van der Waals surface area contributed by atoms with Gasteiger partial charge < -0.3 is 14.7 Å². The summed E-state index contributed by atoms with van der Waals surface area (Å²) in [6, 6.07) is 11.3. The number of nitrogens with zero attached hydrogens (tertiary/aromatic N) is 2. The molecule has 1 aromatic heterocycles. The van der Waals surface area contributed by atoms with E-state index in [1.165, 1.54) is 18.5 Å². The summed E-state index contributed by atoms with van der Waals surface area (Å²) in [4.78, 5) is 29.2. The molecule has 0 saturated carbocycles. The smallest absolute Gasteiger partial charge is 0.337 e. The van der Waals surface area contributed by atoms with Crippen LogP contribution in [0.3, 0.4) is 0 Å². The zero-order chi connectivity index (χ0) is 16.9. The van der Waals surface area contributed by atoms with E-state index in [-0.39, 0.29) is 23.1 Å². The van der Waals surface area contributed by atoms with E-state index in [1.807, 2.05) is 30.3 Å². The lowest BCUT2D eigenvalue weighted by molar-refractivity contribution is -0.0208. The number of amides is 1. The van der Waals surface area contributed by atoms with Crippen LogP contribution in [-0.2, 0) is 11.2 Å². The number of pyridine rings is 1. The first kappa shape index (κ1) is 16.1. The molecule has 0 radical (unpaired) electrons. The molecule has 1 aliphatic heterocycles. The minimum atomic E-state index is -1.10. The molecule has 1 aromatic carbocycles. The fourth-order valence-electron chi connectivity index (χ4n) is 2.76. The zero-order valence-electron chi connectivity index (χ0n) is 13.1. The second kappa shape index (κ2) is 7.23. The van der Waals surface area contributed by atoms with Gasteiger partial charge in [-0.15, -0.1) is 0 Å². The van der Waals surface area contributed by atoms with Gasteiger partial charge in [0.15, 0.2) is 0 Å². The van der Waals surface area contributed by atoms with Gasteiger partial charge in [-0.05, 0) is 11.6 Å². The van der Waals surface area contributed by atoms with Gasteiger partial charge in [0.05, 0.1) is 23.8 Å². The van der Waals surface area contributed by atoms with Crippen molar-refractivity contribution in [1.29, 1.82) is 0 Å². The van der Waals surface area contributed by atoms with Gasteiger partial charge in [0.1, 0.15) is 0 Å². The molecule has 1 atom stereocenters. The Morgan fingerprint density at radius 3 is 2.71 bits per heavy atom. The van der Waals surface area contributed by atoms with Crippen molar-refractivity contribution in [2.45, 2.75) is 12.5 Å². The summed E-state index contributed by atoms with van der Waals surface area (Å²) in [6.07, 6.45) is 3.30. The predicted molar refractivity (Wildman–Crippen MR) is 87.0 cm³/mol. The van der Waals surface area contributed by atoms with E-state index >= 15 is 0 Å². The lowest BCUT2D eigenvalue weighted by Crippen LogP contribution is -2.46. The molecule has 124 valence electrons. The van der Waals surface area contributed by atoms with Crippen LogP contribution in [0.15, 0.2) is 48.8 Å². The Hall–Kier alpha value is -2.73. The maximum Gasteiger partial charge on any atom is 0.337 e. The molecule has 0 bridgehead atoms. The lowest BCUT2D eigenvalue weighted by atomic mass is 10.1. The first-order valence-electron chi connectivity index (χ1n) is 7.76. The molecule has 2 aromatic rings. The maximum atomic E-state index is 12.6. The second-order valence-corrected chi connectivity index (χ2v) is 5.70. The SMILES string of the molecule is O=C(O)c1cncc(C(=O)N2CCOC(Cc3ccccc3)C2)c1. The third kappa shape index (κ3) is 3.78.